The molecule has 24 heavy (non-hydrogen) atoms. The molecule has 1 aromatic carbocycles. The molecule has 3 aromatic heterocycles. The highest BCUT2D eigenvalue weighted by Crippen LogP contribution is 2.37. The highest BCUT2D eigenvalue weighted by atomic mass is 32.1. The quantitative estimate of drug-likeness (QED) is 0.519. The molecule has 5 heteroatoms. The molecule has 0 saturated carbocycles. The van der Waals surface area contributed by atoms with E-state index >= 15 is 0 Å². The van der Waals surface area contributed by atoms with Gasteiger partial charge in [-0.2, -0.15) is 0 Å². The van der Waals surface area contributed by atoms with Gasteiger partial charge in [-0.05, 0) is 47.2 Å². The molecule has 0 atom stereocenters. The van der Waals surface area contributed by atoms with Gasteiger partial charge in [0.15, 0.2) is 0 Å². The van der Waals surface area contributed by atoms with E-state index in [4.69, 9.17) is 4.98 Å². The molecule has 0 bridgehead atoms. The number of imidazole rings is 1. The van der Waals surface area contributed by atoms with Crippen LogP contribution < -0.4 is 4.90 Å². The highest BCUT2D eigenvalue weighted by molar-refractivity contribution is 7.14. The number of hydrogen-bond acceptors (Lipinski definition) is 4. The molecule has 120 valence electrons. The van der Waals surface area contributed by atoms with Gasteiger partial charge in [-0.25, -0.2) is 4.98 Å². The maximum atomic E-state index is 4.90. The van der Waals surface area contributed by atoms with Gasteiger partial charge in [-0.1, -0.05) is 12.1 Å². The number of aromatic nitrogens is 2. The van der Waals surface area contributed by atoms with Gasteiger partial charge in [0.1, 0.15) is 11.5 Å². The minimum atomic E-state index is 0.909. The predicted molar refractivity (Wildman–Crippen MR) is 105 cm³/mol. The summed E-state index contributed by atoms with van der Waals surface area (Å²) < 4.78 is 0. The second kappa shape index (κ2) is 6.26. The van der Waals surface area contributed by atoms with Crippen LogP contribution in [0.3, 0.4) is 0 Å². The van der Waals surface area contributed by atoms with E-state index < -0.39 is 0 Å². The van der Waals surface area contributed by atoms with Crippen LogP contribution in [0.2, 0.25) is 0 Å². The second-order valence-electron chi connectivity index (χ2n) is 5.70. The van der Waals surface area contributed by atoms with Crippen LogP contribution >= 0.6 is 22.7 Å². The van der Waals surface area contributed by atoms with E-state index in [1.807, 2.05) is 14.1 Å². The summed E-state index contributed by atoms with van der Waals surface area (Å²) in [6, 6.07) is 16.9. The van der Waals surface area contributed by atoms with E-state index in [1.54, 1.807) is 22.7 Å². The average Bonchev–Trinajstić information content (AvgIpc) is 3.33. The summed E-state index contributed by atoms with van der Waals surface area (Å²) in [6.07, 6.45) is 0. The minimum absolute atomic E-state index is 0.909. The van der Waals surface area contributed by atoms with Crippen LogP contribution in [0.25, 0.3) is 32.5 Å². The number of aromatic amines is 1. The summed E-state index contributed by atoms with van der Waals surface area (Å²) in [5, 5.41) is 4.19. The Morgan fingerprint density at radius 3 is 2.12 bits per heavy atom. The number of nitrogens with one attached hydrogen (secondary N) is 1. The Labute approximate surface area is 149 Å². The minimum Gasteiger partial charge on any atom is -0.378 e. The van der Waals surface area contributed by atoms with E-state index in [0.717, 1.165) is 22.8 Å². The molecule has 0 unspecified atom stereocenters. The topological polar surface area (TPSA) is 31.9 Å². The SMILES string of the molecule is CN(C)c1ccc(-c2nc(-c3cccs3)c(-c3cccs3)[nH]2)cc1. The molecule has 0 aliphatic rings. The Bertz CT molecular complexity index is 866. The van der Waals surface area contributed by atoms with Crippen molar-refractivity contribution in [2.45, 2.75) is 0 Å². The summed E-state index contributed by atoms with van der Waals surface area (Å²) >= 11 is 3.45. The molecule has 3 heterocycles. The predicted octanol–water partition coefficient (Wildman–Crippen LogP) is 5.60. The molecular weight excluding hydrogens is 334 g/mol. The standard InChI is InChI=1S/C19H17N3S2/c1-22(2)14-9-7-13(8-10-14)19-20-17(15-5-3-11-23-15)18(21-19)16-6-4-12-24-16/h3-12H,1-2H3,(H,20,21). The number of hydrogen-bond donors (Lipinski definition) is 1. The zero-order chi connectivity index (χ0) is 16.5. The van der Waals surface area contributed by atoms with Crippen molar-refractivity contribution in [3.05, 3.63) is 59.3 Å². The average molecular weight is 352 g/mol. The van der Waals surface area contributed by atoms with Crippen molar-refractivity contribution < 1.29 is 0 Å². The normalized spacial score (nSPS) is 10.9. The third-order valence-corrected chi connectivity index (χ3v) is 5.65. The van der Waals surface area contributed by atoms with E-state index in [-0.39, 0.29) is 0 Å². The van der Waals surface area contributed by atoms with Crippen molar-refractivity contribution in [3.8, 4) is 32.5 Å². The van der Waals surface area contributed by atoms with Crippen LogP contribution in [-0.4, -0.2) is 24.1 Å². The van der Waals surface area contributed by atoms with E-state index in [2.05, 4.69) is 69.2 Å². The zero-order valence-corrected chi connectivity index (χ0v) is 15.1. The van der Waals surface area contributed by atoms with Gasteiger partial charge >= 0.3 is 0 Å². The summed E-state index contributed by atoms with van der Waals surface area (Å²) in [6.45, 7) is 0. The van der Waals surface area contributed by atoms with Gasteiger partial charge in [0.2, 0.25) is 0 Å². The first-order valence-electron chi connectivity index (χ1n) is 7.68. The van der Waals surface area contributed by atoms with Crippen molar-refractivity contribution >= 4 is 28.4 Å². The third kappa shape index (κ3) is 2.77. The fourth-order valence-corrected chi connectivity index (χ4v) is 4.06. The smallest absolute Gasteiger partial charge is 0.138 e. The number of H-pyrrole nitrogens is 1. The Kier molecular flexibility index (Phi) is 3.96. The lowest BCUT2D eigenvalue weighted by molar-refractivity contribution is 1.13. The molecule has 0 aliphatic carbocycles. The van der Waals surface area contributed by atoms with Crippen molar-refractivity contribution in [2.75, 3.05) is 19.0 Å². The van der Waals surface area contributed by atoms with Crippen LogP contribution in [0.4, 0.5) is 5.69 Å². The molecule has 4 aromatic rings. The number of anilines is 1. The molecule has 0 radical (unpaired) electrons. The van der Waals surface area contributed by atoms with Crippen LogP contribution in [0.15, 0.2) is 59.3 Å². The number of rotatable bonds is 4. The largest absolute Gasteiger partial charge is 0.378 e. The van der Waals surface area contributed by atoms with Crippen LogP contribution in [0.5, 0.6) is 0 Å². The first-order valence-corrected chi connectivity index (χ1v) is 9.44. The van der Waals surface area contributed by atoms with Crippen LogP contribution in [0, 0.1) is 0 Å². The van der Waals surface area contributed by atoms with Crippen molar-refractivity contribution in [2.24, 2.45) is 0 Å². The molecular formula is C19H17N3S2. The molecule has 0 aliphatic heterocycles. The summed E-state index contributed by atoms with van der Waals surface area (Å²) in [7, 11) is 4.09. The maximum Gasteiger partial charge on any atom is 0.138 e. The number of nitrogens with zero attached hydrogens (tertiary/aromatic N) is 2. The van der Waals surface area contributed by atoms with Crippen LogP contribution in [-0.2, 0) is 0 Å². The molecule has 0 saturated heterocycles. The van der Waals surface area contributed by atoms with Crippen LogP contribution in [0.1, 0.15) is 0 Å². The number of thiophene rings is 2. The summed E-state index contributed by atoms with van der Waals surface area (Å²) in [5.74, 6) is 0.909. The lowest BCUT2D eigenvalue weighted by Crippen LogP contribution is -2.07. The summed E-state index contributed by atoms with van der Waals surface area (Å²) in [4.78, 5) is 12.9. The number of benzene rings is 1. The lowest BCUT2D eigenvalue weighted by Gasteiger charge is -2.12. The molecule has 0 amide bonds. The van der Waals surface area contributed by atoms with E-state index in [9.17, 15) is 0 Å². The van der Waals surface area contributed by atoms with Crippen molar-refractivity contribution in [3.63, 3.8) is 0 Å². The zero-order valence-electron chi connectivity index (χ0n) is 13.5. The molecule has 3 nitrogen and oxygen atoms in total. The second-order valence-corrected chi connectivity index (χ2v) is 7.60. The van der Waals surface area contributed by atoms with Crippen molar-refractivity contribution in [1.82, 2.24) is 9.97 Å². The Morgan fingerprint density at radius 1 is 0.875 bits per heavy atom. The van der Waals surface area contributed by atoms with Gasteiger partial charge in [-0.3, -0.25) is 0 Å². The van der Waals surface area contributed by atoms with Gasteiger partial charge < -0.3 is 9.88 Å². The fourth-order valence-electron chi connectivity index (χ4n) is 2.62. The summed E-state index contributed by atoms with van der Waals surface area (Å²) in [5.41, 5.74) is 4.40. The molecule has 0 fully saturated rings. The van der Waals surface area contributed by atoms with Crippen molar-refractivity contribution in [1.29, 1.82) is 0 Å². The third-order valence-electron chi connectivity index (χ3n) is 3.88. The van der Waals surface area contributed by atoms with Gasteiger partial charge in [-0.15, -0.1) is 22.7 Å². The first kappa shape index (κ1) is 15.2. The monoisotopic (exact) mass is 351 g/mol. The fraction of sp³-hybridized carbons (Fsp3) is 0.105. The molecule has 1 N–H and O–H groups in total. The molecule has 4 rings (SSSR count). The Morgan fingerprint density at radius 2 is 1.54 bits per heavy atom. The van der Waals surface area contributed by atoms with Gasteiger partial charge in [0.25, 0.3) is 0 Å². The lowest BCUT2D eigenvalue weighted by atomic mass is 10.2. The first-order chi connectivity index (χ1) is 11.7. The Balaban J connectivity index is 1.81. The van der Waals surface area contributed by atoms with Gasteiger partial charge in [0, 0.05) is 25.3 Å². The van der Waals surface area contributed by atoms with E-state index in [1.165, 1.54) is 15.4 Å². The van der Waals surface area contributed by atoms with Gasteiger partial charge in [0.05, 0.1) is 15.4 Å². The van der Waals surface area contributed by atoms with E-state index in [0.29, 0.717) is 0 Å². The highest BCUT2D eigenvalue weighted by Gasteiger charge is 2.16. The Hall–Kier alpha value is -2.37. The maximum absolute atomic E-state index is 4.90. The molecule has 0 spiro atoms.